The van der Waals surface area contributed by atoms with Gasteiger partial charge in [-0.3, -0.25) is 0 Å². The molecule has 84 valence electrons. The predicted molar refractivity (Wildman–Crippen MR) is 63.8 cm³/mol. The molecule has 0 N–H and O–H groups in total. The van der Waals surface area contributed by atoms with Crippen molar-refractivity contribution < 1.29 is 4.74 Å². The second-order valence-corrected chi connectivity index (χ2v) is 5.40. The van der Waals surface area contributed by atoms with E-state index in [1.165, 1.54) is 36.2 Å². The second kappa shape index (κ2) is 3.01. The Balaban J connectivity index is 1.91. The van der Waals surface area contributed by atoms with Crippen molar-refractivity contribution >= 4 is 5.69 Å². The molecular weight excluding hydrogens is 198 g/mol. The Morgan fingerprint density at radius 3 is 3.25 bits per heavy atom. The number of fused-ring (bicyclic) bond motifs is 2. The van der Waals surface area contributed by atoms with Gasteiger partial charge in [-0.05, 0) is 25.3 Å². The number of hydrogen-bond donors (Lipinski definition) is 0. The summed E-state index contributed by atoms with van der Waals surface area (Å²) in [6.45, 7) is 4.50. The largest absolute Gasteiger partial charge is 0.373 e. The van der Waals surface area contributed by atoms with Crippen LogP contribution in [0.15, 0.2) is 18.2 Å². The first-order valence-electron chi connectivity index (χ1n) is 6.34. The van der Waals surface area contributed by atoms with Crippen molar-refractivity contribution in [2.75, 3.05) is 18.1 Å². The van der Waals surface area contributed by atoms with Crippen molar-refractivity contribution in [2.24, 2.45) is 5.92 Å². The number of para-hydroxylation sites is 1. The first-order chi connectivity index (χ1) is 7.84. The first-order valence-corrected chi connectivity index (χ1v) is 6.34. The summed E-state index contributed by atoms with van der Waals surface area (Å²) >= 11 is 0. The highest BCUT2D eigenvalue weighted by molar-refractivity contribution is 5.67. The number of ether oxygens (including phenoxy) is 1. The van der Waals surface area contributed by atoms with Gasteiger partial charge in [0.25, 0.3) is 0 Å². The first kappa shape index (κ1) is 9.06. The van der Waals surface area contributed by atoms with Gasteiger partial charge in [0.05, 0.1) is 6.10 Å². The van der Waals surface area contributed by atoms with Crippen molar-refractivity contribution in [1.82, 2.24) is 0 Å². The summed E-state index contributed by atoms with van der Waals surface area (Å²) in [6, 6.07) is 7.43. The maximum Gasteiger partial charge on any atom is 0.0890 e. The maximum absolute atomic E-state index is 5.92. The Hall–Kier alpha value is -1.02. The minimum absolute atomic E-state index is 0.386. The SMILES string of the molecule is CC1Cc2cccc3c2N1CC1CCOC31. The fourth-order valence-electron chi connectivity index (χ4n) is 3.69. The average molecular weight is 215 g/mol. The molecule has 0 amide bonds. The molecule has 4 rings (SSSR count). The lowest BCUT2D eigenvalue weighted by atomic mass is 9.89. The van der Waals surface area contributed by atoms with Crippen LogP contribution >= 0.6 is 0 Å². The molecule has 1 saturated heterocycles. The summed E-state index contributed by atoms with van der Waals surface area (Å²) in [6.07, 6.45) is 2.83. The minimum Gasteiger partial charge on any atom is -0.373 e. The van der Waals surface area contributed by atoms with Crippen molar-refractivity contribution in [3.05, 3.63) is 29.3 Å². The van der Waals surface area contributed by atoms with Crippen molar-refractivity contribution in [1.29, 1.82) is 0 Å². The van der Waals surface area contributed by atoms with Gasteiger partial charge in [-0.1, -0.05) is 18.2 Å². The highest BCUT2D eigenvalue weighted by Gasteiger charge is 2.42. The summed E-state index contributed by atoms with van der Waals surface area (Å²) in [5, 5.41) is 0. The van der Waals surface area contributed by atoms with Gasteiger partial charge in [0.2, 0.25) is 0 Å². The van der Waals surface area contributed by atoms with Crippen molar-refractivity contribution in [3.8, 4) is 0 Å². The summed E-state index contributed by atoms with van der Waals surface area (Å²) in [7, 11) is 0. The zero-order valence-corrected chi connectivity index (χ0v) is 9.65. The van der Waals surface area contributed by atoms with Gasteiger partial charge in [-0.15, -0.1) is 0 Å². The molecule has 2 heteroatoms. The second-order valence-electron chi connectivity index (χ2n) is 5.40. The van der Waals surface area contributed by atoms with Gasteiger partial charge in [-0.25, -0.2) is 0 Å². The van der Waals surface area contributed by atoms with Gasteiger partial charge in [0.1, 0.15) is 0 Å². The molecule has 3 aliphatic rings. The number of nitrogens with zero attached hydrogens (tertiary/aromatic N) is 1. The topological polar surface area (TPSA) is 12.5 Å². The van der Waals surface area contributed by atoms with Crippen LogP contribution in [0.5, 0.6) is 0 Å². The van der Waals surface area contributed by atoms with E-state index in [0.717, 1.165) is 12.5 Å². The monoisotopic (exact) mass is 215 g/mol. The van der Waals surface area contributed by atoms with Gasteiger partial charge >= 0.3 is 0 Å². The smallest absolute Gasteiger partial charge is 0.0890 e. The minimum atomic E-state index is 0.386. The van der Waals surface area contributed by atoms with E-state index in [1.54, 1.807) is 0 Å². The lowest BCUT2D eigenvalue weighted by molar-refractivity contribution is 0.0885. The molecule has 0 aliphatic carbocycles. The molecular formula is C14H17NO. The third-order valence-corrected chi connectivity index (χ3v) is 4.44. The van der Waals surface area contributed by atoms with E-state index in [-0.39, 0.29) is 0 Å². The number of anilines is 1. The zero-order valence-electron chi connectivity index (χ0n) is 9.65. The Morgan fingerprint density at radius 1 is 1.38 bits per heavy atom. The number of rotatable bonds is 0. The van der Waals surface area contributed by atoms with Gasteiger partial charge in [0.15, 0.2) is 0 Å². The molecule has 3 heterocycles. The number of benzene rings is 1. The molecule has 0 radical (unpaired) electrons. The van der Waals surface area contributed by atoms with Gasteiger partial charge in [-0.2, -0.15) is 0 Å². The van der Waals surface area contributed by atoms with Crippen LogP contribution in [0.3, 0.4) is 0 Å². The van der Waals surface area contributed by atoms with E-state index in [0.29, 0.717) is 12.1 Å². The van der Waals surface area contributed by atoms with E-state index in [9.17, 15) is 0 Å². The Kier molecular flexibility index (Phi) is 1.70. The average Bonchev–Trinajstić information content (AvgIpc) is 2.86. The molecule has 3 aliphatic heterocycles. The summed E-state index contributed by atoms with van der Waals surface area (Å²) < 4.78 is 5.92. The van der Waals surface area contributed by atoms with Crippen LogP contribution in [0.1, 0.15) is 30.6 Å². The highest BCUT2D eigenvalue weighted by Crippen LogP contribution is 2.49. The maximum atomic E-state index is 5.92. The molecule has 1 fully saturated rings. The molecule has 1 aromatic carbocycles. The molecule has 16 heavy (non-hydrogen) atoms. The third kappa shape index (κ3) is 1.01. The number of hydrogen-bond acceptors (Lipinski definition) is 2. The quantitative estimate of drug-likeness (QED) is 0.659. The fraction of sp³-hybridized carbons (Fsp3) is 0.571. The van der Waals surface area contributed by atoms with E-state index < -0.39 is 0 Å². The summed E-state index contributed by atoms with van der Waals surface area (Å²) in [4.78, 5) is 2.61. The van der Waals surface area contributed by atoms with E-state index >= 15 is 0 Å². The van der Waals surface area contributed by atoms with Crippen LogP contribution in [-0.4, -0.2) is 19.2 Å². The summed E-state index contributed by atoms with van der Waals surface area (Å²) in [5.41, 5.74) is 4.48. The van der Waals surface area contributed by atoms with Crippen LogP contribution in [0.4, 0.5) is 5.69 Å². The molecule has 0 spiro atoms. The van der Waals surface area contributed by atoms with E-state index in [1.807, 2.05) is 0 Å². The van der Waals surface area contributed by atoms with Crippen LogP contribution in [0.2, 0.25) is 0 Å². The van der Waals surface area contributed by atoms with E-state index in [2.05, 4.69) is 30.0 Å². The molecule has 0 bridgehead atoms. The summed E-state index contributed by atoms with van der Waals surface area (Å²) in [5.74, 6) is 0.725. The van der Waals surface area contributed by atoms with Crippen LogP contribution < -0.4 is 4.90 Å². The fourth-order valence-corrected chi connectivity index (χ4v) is 3.69. The molecule has 0 aromatic heterocycles. The standard InChI is InChI=1S/C14H17NO/c1-9-7-10-3-2-4-12-13(10)15(9)8-11-5-6-16-14(11)12/h2-4,9,11,14H,5-8H2,1H3. The molecule has 1 aromatic rings. The lowest BCUT2D eigenvalue weighted by Gasteiger charge is -2.37. The Labute approximate surface area is 96.2 Å². The Bertz CT molecular complexity index is 442. The van der Waals surface area contributed by atoms with E-state index in [4.69, 9.17) is 4.74 Å². The van der Waals surface area contributed by atoms with Crippen LogP contribution in [0, 0.1) is 5.92 Å². The van der Waals surface area contributed by atoms with Gasteiger partial charge < -0.3 is 9.64 Å². The normalized spacial score (nSPS) is 35.1. The van der Waals surface area contributed by atoms with Gasteiger partial charge in [0, 0.05) is 36.4 Å². The molecule has 3 unspecified atom stereocenters. The predicted octanol–water partition coefficient (Wildman–Crippen LogP) is 2.53. The van der Waals surface area contributed by atoms with Crippen LogP contribution in [-0.2, 0) is 11.2 Å². The highest BCUT2D eigenvalue weighted by atomic mass is 16.5. The van der Waals surface area contributed by atoms with Crippen molar-refractivity contribution in [3.63, 3.8) is 0 Å². The van der Waals surface area contributed by atoms with Crippen LogP contribution in [0.25, 0.3) is 0 Å². The molecule has 2 nitrogen and oxygen atoms in total. The third-order valence-electron chi connectivity index (χ3n) is 4.44. The molecule has 3 atom stereocenters. The molecule has 0 saturated carbocycles. The zero-order chi connectivity index (χ0) is 10.7. The Morgan fingerprint density at radius 2 is 2.31 bits per heavy atom. The lowest BCUT2D eigenvalue weighted by Crippen LogP contribution is -2.39. The van der Waals surface area contributed by atoms with Crippen molar-refractivity contribution in [2.45, 2.75) is 31.9 Å².